The van der Waals surface area contributed by atoms with Crippen LogP contribution in [0.3, 0.4) is 0 Å². The maximum atomic E-state index is 11.6. The Kier molecular flexibility index (Phi) is 6.82. The molecule has 5 nitrogen and oxygen atoms in total. The lowest BCUT2D eigenvalue weighted by atomic mass is 10.2. The van der Waals surface area contributed by atoms with Crippen LogP contribution in [0.4, 0.5) is 0 Å². The van der Waals surface area contributed by atoms with Gasteiger partial charge in [-0.2, -0.15) is 10.5 Å². The molecule has 0 heterocycles. The van der Waals surface area contributed by atoms with Crippen molar-refractivity contribution in [3.8, 4) is 12.1 Å². The second-order valence-corrected chi connectivity index (χ2v) is 4.21. The minimum Gasteiger partial charge on any atom is -0.459 e. The molecule has 0 saturated heterocycles. The molecule has 0 radical (unpaired) electrons. The SMILES string of the molecule is CN(C=CC=C(C#N)C#N)CC(=O)OCc1ccccc1. The van der Waals surface area contributed by atoms with Crippen molar-refractivity contribution in [1.29, 1.82) is 10.5 Å². The van der Waals surface area contributed by atoms with E-state index in [4.69, 9.17) is 15.3 Å². The third kappa shape index (κ3) is 6.60. The number of esters is 1. The summed E-state index contributed by atoms with van der Waals surface area (Å²) in [6.07, 6.45) is 4.51. The Morgan fingerprint density at radius 3 is 2.57 bits per heavy atom. The van der Waals surface area contributed by atoms with E-state index in [1.54, 1.807) is 30.3 Å². The minimum absolute atomic E-state index is 0.00584. The Balaban J connectivity index is 2.38. The standard InChI is InChI=1S/C16H15N3O2/c1-19(9-5-8-15(10-17)11-18)12-16(20)21-13-14-6-3-2-4-7-14/h2-9H,12-13H2,1H3. The van der Waals surface area contributed by atoms with Crippen LogP contribution in [0.1, 0.15) is 5.56 Å². The summed E-state index contributed by atoms with van der Waals surface area (Å²) in [5.41, 5.74) is 0.936. The normalized spacial score (nSPS) is 9.48. The molecule has 0 saturated carbocycles. The van der Waals surface area contributed by atoms with Crippen LogP contribution in [-0.4, -0.2) is 24.5 Å². The van der Waals surface area contributed by atoms with Gasteiger partial charge in [-0.1, -0.05) is 30.3 Å². The first-order chi connectivity index (χ1) is 10.2. The van der Waals surface area contributed by atoms with E-state index >= 15 is 0 Å². The van der Waals surface area contributed by atoms with E-state index in [2.05, 4.69) is 0 Å². The number of hydrogen-bond acceptors (Lipinski definition) is 5. The number of allylic oxidation sites excluding steroid dienone is 3. The van der Waals surface area contributed by atoms with Crippen molar-refractivity contribution in [2.75, 3.05) is 13.6 Å². The van der Waals surface area contributed by atoms with Gasteiger partial charge >= 0.3 is 5.97 Å². The second-order valence-electron chi connectivity index (χ2n) is 4.21. The van der Waals surface area contributed by atoms with Gasteiger partial charge in [0, 0.05) is 7.05 Å². The molecule has 0 bridgehead atoms. The molecule has 0 fully saturated rings. The van der Waals surface area contributed by atoms with Crippen LogP contribution in [0.2, 0.25) is 0 Å². The average Bonchev–Trinajstić information content (AvgIpc) is 2.50. The molecule has 0 aromatic heterocycles. The summed E-state index contributed by atoms with van der Waals surface area (Å²) in [6, 6.07) is 12.9. The van der Waals surface area contributed by atoms with Gasteiger partial charge in [-0.15, -0.1) is 0 Å². The van der Waals surface area contributed by atoms with Gasteiger partial charge in [0.05, 0.1) is 0 Å². The Bertz CT molecular complexity index is 591. The fourth-order valence-corrected chi connectivity index (χ4v) is 1.43. The van der Waals surface area contributed by atoms with Crippen LogP contribution in [0, 0.1) is 22.7 Å². The highest BCUT2D eigenvalue weighted by atomic mass is 16.5. The van der Waals surface area contributed by atoms with Gasteiger partial charge in [0.25, 0.3) is 0 Å². The number of nitriles is 2. The first kappa shape index (κ1) is 16.0. The summed E-state index contributed by atoms with van der Waals surface area (Å²) in [4.78, 5) is 13.2. The lowest BCUT2D eigenvalue weighted by molar-refractivity contribution is -0.145. The fraction of sp³-hybridized carbons (Fsp3) is 0.188. The lowest BCUT2D eigenvalue weighted by Gasteiger charge is -2.12. The summed E-state index contributed by atoms with van der Waals surface area (Å²) in [6.45, 7) is 0.329. The average molecular weight is 281 g/mol. The zero-order valence-electron chi connectivity index (χ0n) is 11.7. The van der Waals surface area contributed by atoms with E-state index in [1.165, 1.54) is 12.2 Å². The zero-order valence-corrected chi connectivity index (χ0v) is 11.7. The van der Waals surface area contributed by atoms with Gasteiger partial charge in [-0.05, 0) is 23.9 Å². The van der Waals surface area contributed by atoms with Crippen LogP contribution in [-0.2, 0) is 16.1 Å². The third-order valence-electron chi connectivity index (χ3n) is 2.47. The molecule has 5 heteroatoms. The molecule has 21 heavy (non-hydrogen) atoms. The van der Waals surface area contributed by atoms with Gasteiger partial charge in [-0.25, -0.2) is 0 Å². The molecule has 0 unspecified atom stereocenters. The quantitative estimate of drug-likeness (QED) is 0.453. The predicted octanol–water partition coefficient (Wildman–Crippen LogP) is 2.15. The van der Waals surface area contributed by atoms with Crippen LogP contribution in [0.15, 0.2) is 54.3 Å². The van der Waals surface area contributed by atoms with Crippen LogP contribution in [0.25, 0.3) is 0 Å². The first-order valence-electron chi connectivity index (χ1n) is 6.24. The summed E-state index contributed by atoms with van der Waals surface area (Å²) in [7, 11) is 1.70. The molecule has 0 amide bonds. The number of carbonyl (C=O) groups is 1. The number of likely N-dealkylation sites (N-methyl/N-ethyl adjacent to an activating group) is 1. The fourth-order valence-electron chi connectivity index (χ4n) is 1.43. The summed E-state index contributed by atoms with van der Waals surface area (Å²) in [5.74, 6) is -0.351. The van der Waals surface area contributed by atoms with Crippen molar-refractivity contribution < 1.29 is 9.53 Å². The number of rotatable bonds is 6. The molecule has 0 aliphatic heterocycles. The third-order valence-corrected chi connectivity index (χ3v) is 2.47. The molecule has 1 aromatic carbocycles. The molecule has 1 rings (SSSR count). The first-order valence-corrected chi connectivity index (χ1v) is 6.24. The molecular weight excluding hydrogens is 266 g/mol. The van der Waals surface area contributed by atoms with Crippen molar-refractivity contribution in [3.63, 3.8) is 0 Å². The Hall–Kier alpha value is -3.05. The molecule has 0 atom stereocenters. The van der Waals surface area contributed by atoms with E-state index in [0.29, 0.717) is 0 Å². The largest absolute Gasteiger partial charge is 0.459 e. The number of benzene rings is 1. The van der Waals surface area contributed by atoms with Gasteiger partial charge in [0.1, 0.15) is 30.9 Å². The molecular formula is C16H15N3O2. The van der Waals surface area contributed by atoms with Crippen molar-refractivity contribution in [1.82, 2.24) is 4.90 Å². The van der Waals surface area contributed by atoms with E-state index in [0.717, 1.165) is 5.56 Å². The van der Waals surface area contributed by atoms with Gasteiger partial charge in [0.2, 0.25) is 0 Å². The van der Waals surface area contributed by atoms with E-state index < -0.39 is 0 Å². The molecule has 0 spiro atoms. The summed E-state index contributed by atoms with van der Waals surface area (Å²) in [5, 5.41) is 17.1. The van der Waals surface area contributed by atoms with Gasteiger partial charge < -0.3 is 9.64 Å². The molecule has 0 aliphatic carbocycles. The number of carbonyl (C=O) groups excluding carboxylic acids is 1. The smallest absolute Gasteiger partial charge is 0.325 e. The molecule has 0 N–H and O–H groups in total. The van der Waals surface area contributed by atoms with Gasteiger partial charge in [0.15, 0.2) is 0 Å². The van der Waals surface area contributed by atoms with Crippen molar-refractivity contribution in [2.24, 2.45) is 0 Å². The van der Waals surface area contributed by atoms with E-state index in [9.17, 15) is 4.79 Å². The maximum Gasteiger partial charge on any atom is 0.325 e. The number of nitrogens with zero attached hydrogens (tertiary/aromatic N) is 3. The highest BCUT2D eigenvalue weighted by molar-refractivity contribution is 5.71. The predicted molar refractivity (Wildman–Crippen MR) is 77.3 cm³/mol. The lowest BCUT2D eigenvalue weighted by Crippen LogP contribution is -2.22. The maximum absolute atomic E-state index is 11.6. The Morgan fingerprint density at radius 2 is 1.95 bits per heavy atom. The molecule has 106 valence electrons. The van der Waals surface area contributed by atoms with Crippen LogP contribution >= 0.6 is 0 Å². The monoisotopic (exact) mass is 281 g/mol. The molecule has 1 aromatic rings. The van der Waals surface area contributed by atoms with E-state index in [1.807, 2.05) is 30.3 Å². The van der Waals surface area contributed by atoms with Gasteiger partial charge in [-0.3, -0.25) is 4.79 Å². The highest BCUT2D eigenvalue weighted by Gasteiger charge is 2.04. The molecule has 0 aliphatic rings. The highest BCUT2D eigenvalue weighted by Crippen LogP contribution is 2.01. The number of hydrogen-bond donors (Lipinski definition) is 0. The van der Waals surface area contributed by atoms with Crippen molar-refractivity contribution in [3.05, 3.63) is 59.8 Å². The topological polar surface area (TPSA) is 77.1 Å². The minimum atomic E-state index is -0.351. The Morgan fingerprint density at radius 1 is 1.29 bits per heavy atom. The van der Waals surface area contributed by atoms with Crippen LogP contribution in [0.5, 0.6) is 0 Å². The van der Waals surface area contributed by atoms with E-state index in [-0.39, 0.29) is 24.7 Å². The van der Waals surface area contributed by atoms with Crippen molar-refractivity contribution in [2.45, 2.75) is 6.61 Å². The number of ether oxygens (including phenoxy) is 1. The Labute approximate surface area is 124 Å². The summed E-state index contributed by atoms with van der Waals surface area (Å²) >= 11 is 0. The van der Waals surface area contributed by atoms with Crippen LogP contribution < -0.4 is 0 Å². The zero-order chi connectivity index (χ0) is 15.5. The second kappa shape index (κ2) is 8.95. The summed E-state index contributed by atoms with van der Waals surface area (Å²) < 4.78 is 5.13. The van der Waals surface area contributed by atoms with Crippen molar-refractivity contribution >= 4 is 5.97 Å².